The number of amides is 1. The number of para-hydroxylation sites is 1. The van der Waals surface area contributed by atoms with Crippen molar-refractivity contribution < 1.29 is 14.3 Å². The quantitative estimate of drug-likeness (QED) is 0.707. The van der Waals surface area contributed by atoms with Gasteiger partial charge >= 0.3 is 0 Å². The van der Waals surface area contributed by atoms with Crippen LogP contribution in [0.4, 0.5) is 0 Å². The van der Waals surface area contributed by atoms with E-state index in [1.807, 2.05) is 43.6 Å². The Morgan fingerprint density at radius 3 is 2.93 bits per heavy atom. The predicted octanol–water partition coefficient (Wildman–Crippen LogP) is 2.12. The van der Waals surface area contributed by atoms with Gasteiger partial charge in [-0.25, -0.2) is 4.98 Å². The minimum atomic E-state index is -0.0985. The summed E-state index contributed by atoms with van der Waals surface area (Å²) < 4.78 is 12.8. The van der Waals surface area contributed by atoms with Crippen LogP contribution in [-0.2, 0) is 16.5 Å². The summed E-state index contributed by atoms with van der Waals surface area (Å²) in [5.74, 6) is -0.0621. The van der Waals surface area contributed by atoms with E-state index in [0.717, 1.165) is 22.2 Å². The molecule has 0 spiro atoms. The summed E-state index contributed by atoms with van der Waals surface area (Å²) in [6, 6.07) is 9.54. The fourth-order valence-electron chi connectivity index (χ4n) is 3.29. The highest BCUT2D eigenvalue weighted by atomic mass is 16.6. The lowest BCUT2D eigenvalue weighted by atomic mass is 10.0. The van der Waals surface area contributed by atoms with Crippen molar-refractivity contribution in [1.82, 2.24) is 19.7 Å². The Kier molecular flexibility index (Phi) is 4.87. The average molecular weight is 366 g/mol. The lowest BCUT2D eigenvalue weighted by Crippen LogP contribution is -2.40. The van der Waals surface area contributed by atoms with E-state index >= 15 is 0 Å². The standard InChI is InChI=1S/C20H22N4O3/c1-23(12-15-13-26-7-8-27-15)20(25)17-9-19(14-10-21-24(2)11-14)22-18-6-4-3-5-16(17)18/h3-6,9-11,15H,7-8,12-13H2,1-2H3. The largest absolute Gasteiger partial charge is 0.376 e. The van der Waals surface area contributed by atoms with Crippen LogP contribution in [0.15, 0.2) is 42.7 Å². The molecule has 0 aliphatic carbocycles. The van der Waals surface area contributed by atoms with Gasteiger partial charge in [0.25, 0.3) is 5.91 Å². The highest BCUT2D eigenvalue weighted by Gasteiger charge is 2.22. The Morgan fingerprint density at radius 1 is 1.33 bits per heavy atom. The Labute approximate surface area is 157 Å². The number of rotatable bonds is 4. The van der Waals surface area contributed by atoms with Crippen molar-refractivity contribution in [1.29, 1.82) is 0 Å². The van der Waals surface area contributed by atoms with Crippen molar-refractivity contribution in [3.8, 4) is 11.3 Å². The van der Waals surface area contributed by atoms with Crippen molar-refractivity contribution in [2.24, 2.45) is 7.05 Å². The summed E-state index contributed by atoms with van der Waals surface area (Å²) in [5.41, 5.74) is 3.02. The molecule has 0 radical (unpaired) electrons. The summed E-state index contributed by atoms with van der Waals surface area (Å²) in [6.45, 7) is 2.17. The van der Waals surface area contributed by atoms with Gasteiger partial charge in [0.05, 0.1) is 48.9 Å². The minimum Gasteiger partial charge on any atom is -0.376 e. The van der Waals surface area contributed by atoms with Gasteiger partial charge < -0.3 is 14.4 Å². The maximum atomic E-state index is 13.2. The van der Waals surface area contributed by atoms with E-state index in [1.54, 1.807) is 22.8 Å². The molecule has 7 nitrogen and oxygen atoms in total. The summed E-state index contributed by atoms with van der Waals surface area (Å²) in [5, 5.41) is 5.05. The van der Waals surface area contributed by atoms with Crippen molar-refractivity contribution in [2.45, 2.75) is 6.10 Å². The fraction of sp³-hybridized carbons (Fsp3) is 0.350. The number of nitrogens with zero attached hydrogens (tertiary/aromatic N) is 4. The van der Waals surface area contributed by atoms with E-state index in [1.165, 1.54) is 0 Å². The van der Waals surface area contributed by atoms with E-state index in [9.17, 15) is 4.79 Å². The zero-order valence-corrected chi connectivity index (χ0v) is 15.5. The van der Waals surface area contributed by atoms with Crippen molar-refractivity contribution >= 4 is 16.8 Å². The first-order valence-corrected chi connectivity index (χ1v) is 8.95. The van der Waals surface area contributed by atoms with Crippen LogP contribution < -0.4 is 0 Å². The molecule has 27 heavy (non-hydrogen) atoms. The van der Waals surface area contributed by atoms with Gasteiger partial charge in [0.2, 0.25) is 0 Å². The molecular weight excluding hydrogens is 344 g/mol. The Balaban J connectivity index is 1.69. The van der Waals surface area contributed by atoms with Crippen molar-refractivity contribution in [3.63, 3.8) is 0 Å². The van der Waals surface area contributed by atoms with Gasteiger partial charge in [0, 0.05) is 37.8 Å². The van der Waals surface area contributed by atoms with Gasteiger partial charge in [-0.15, -0.1) is 0 Å². The average Bonchev–Trinajstić information content (AvgIpc) is 3.13. The molecule has 4 rings (SSSR count). The molecule has 1 saturated heterocycles. The third kappa shape index (κ3) is 3.70. The molecule has 1 atom stereocenters. The van der Waals surface area contributed by atoms with Crippen LogP contribution in [-0.4, -0.2) is 65.1 Å². The Hall–Kier alpha value is -2.77. The van der Waals surface area contributed by atoms with Crippen LogP contribution in [0, 0.1) is 0 Å². The molecule has 3 heterocycles. The molecule has 1 aliphatic heterocycles. The second kappa shape index (κ2) is 7.46. The normalized spacial score (nSPS) is 17.2. The lowest BCUT2D eigenvalue weighted by Gasteiger charge is -2.27. The summed E-state index contributed by atoms with van der Waals surface area (Å²) in [4.78, 5) is 19.6. The molecular formula is C20H22N4O3. The Bertz CT molecular complexity index is 963. The van der Waals surface area contributed by atoms with E-state index in [2.05, 4.69) is 5.10 Å². The number of hydrogen-bond donors (Lipinski definition) is 0. The predicted molar refractivity (Wildman–Crippen MR) is 101 cm³/mol. The smallest absolute Gasteiger partial charge is 0.254 e. The first-order valence-electron chi connectivity index (χ1n) is 8.95. The van der Waals surface area contributed by atoms with Gasteiger partial charge in [0.15, 0.2) is 0 Å². The van der Waals surface area contributed by atoms with E-state index < -0.39 is 0 Å². The first-order chi connectivity index (χ1) is 13.1. The second-order valence-corrected chi connectivity index (χ2v) is 6.73. The highest BCUT2D eigenvalue weighted by molar-refractivity contribution is 6.07. The number of carbonyl (C=O) groups is 1. The molecule has 1 aromatic carbocycles. The van der Waals surface area contributed by atoms with Gasteiger partial charge in [-0.1, -0.05) is 18.2 Å². The van der Waals surface area contributed by atoms with E-state index in [0.29, 0.717) is 31.9 Å². The third-order valence-corrected chi connectivity index (χ3v) is 4.66. The number of pyridine rings is 1. The minimum absolute atomic E-state index is 0.0621. The van der Waals surface area contributed by atoms with Crippen LogP contribution in [0.1, 0.15) is 10.4 Å². The fourth-order valence-corrected chi connectivity index (χ4v) is 3.29. The number of likely N-dealkylation sites (N-methyl/N-ethyl adjacent to an activating group) is 1. The van der Waals surface area contributed by atoms with Crippen LogP contribution >= 0.6 is 0 Å². The third-order valence-electron chi connectivity index (χ3n) is 4.66. The topological polar surface area (TPSA) is 69.5 Å². The molecule has 1 aliphatic rings. The number of hydrogen-bond acceptors (Lipinski definition) is 5. The molecule has 0 N–H and O–H groups in total. The highest BCUT2D eigenvalue weighted by Crippen LogP contribution is 2.25. The molecule has 140 valence electrons. The number of fused-ring (bicyclic) bond motifs is 1. The molecule has 3 aromatic rings. The molecule has 1 unspecified atom stereocenters. The van der Waals surface area contributed by atoms with Gasteiger partial charge in [-0.05, 0) is 12.1 Å². The van der Waals surface area contributed by atoms with Gasteiger partial charge in [-0.3, -0.25) is 9.48 Å². The number of carbonyl (C=O) groups excluding carboxylic acids is 1. The van der Waals surface area contributed by atoms with Crippen molar-refractivity contribution in [3.05, 3.63) is 48.3 Å². The van der Waals surface area contributed by atoms with Crippen LogP contribution in [0.5, 0.6) is 0 Å². The molecule has 0 bridgehead atoms. The second-order valence-electron chi connectivity index (χ2n) is 6.73. The van der Waals surface area contributed by atoms with Gasteiger partial charge in [-0.2, -0.15) is 5.10 Å². The van der Waals surface area contributed by atoms with Crippen LogP contribution in [0.25, 0.3) is 22.2 Å². The SMILES string of the molecule is CN(CC1COCCO1)C(=O)c1cc(-c2cnn(C)c2)nc2ccccc12. The van der Waals surface area contributed by atoms with Crippen LogP contribution in [0.3, 0.4) is 0 Å². The molecule has 0 saturated carbocycles. The molecule has 1 fully saturated rings. The molecule has 7 heteroatoms. The number of benzene rings is 1. The maximum Gasteiger partial charge on any atom is 0.254 e. The molecule has 1 amide bonds. The Morgan fingerprint density at radius 2 is 2.19 bits per heavy atom. The zero-order chi connectivity index (χ0) is 18.8. The number of aromatic nitrogens is 3. The lowest BCUT2D eigenvalue weighted by molar-refractivity contribution is -0.0933. The molecule has 2 aromatic heterocycles. The summed E-state index contributed by atoms with van der Waals surface area (Å²) in [7, 11) is 3.65. The van der Waals surface area contributed by atoms with Crippen LogP contribution in [0.2, 0.25) is 0 Å². The van der Waals surface area contributed by atoms with E-state index in [-0.39, 0.29) is 12.0 Å². The monoisotopic (exact) mass is 366 g/mol. The first kappa shape index (κ1) is 17.6. The van der Waals surface area contributed by atoms with Crippen molar-refractivity contribution in [2.75, 3.05) is 33.4 Å². The maximum absolute atomic E-state index is 13.2. The summed E-state index contributed by atoms with van der Waals surface area (Å²) in [6.07, 6.45) is 3.54. The van der Waals surface area contributed by atoms with E-state index in [4.69, 9.17) is 14.5 Å². The van der Waals surface area contributed by atoms with Gasteiger partial charge in [0.1, 0.15) is 0 Å². The summed E-state index contributed by atoms with van der Waals surface area (Å²) >= 11 is 0. The number of ether oxygens (including phenoxy) is 2. The number of aryl methyl sites for hydroxylation is 1. The zero-order valence-electron chi connectivity index (χ0n) is 15.5.